The second kappa shape index (κ2) is 12.0. The summed E-state index contributed by atoms with van der Waals surface area (Å²) in [5.74, 6) is 2.01. The molecule has 36 heavy (non-hydrogen) atoms. The van der Waals surface area contributed by atoms with Crippen molar-refractivity contribution in [3.63, 3.8) is 0 Å². The summed E-state index contributed by atoms with van der Waals surface area (Å²) in [5, 5.41) is 13.8. The highest BCUT2D eigenvalue weighted by Crippen LogP contribution is 2.27. The van der Waals surface area contributed by atoms with Crippen molar-refractivity contribution in [3.8, 4) is 17.2 Å². The van der Waals surface area contributed by atoms with E-state index in [1.807, 2.05) is 24.3 Å². The van der Waals surface area contributed by atoms with Crippen LogP contribution in [0.1, 0.15) is 31.2 Å². The predicted molar refractivity (Wildman–Crippen MR) is 134 cm³/mol. The van der Waals surface area contributed by atoms with Crippen molar-refractivity contribution in [2.75, 3.05) is 33.9 Å². The Morgan fingerprint density at radius 3 is 2.17 bits per heavy atom. The fourth-order valence-electron chi connectivity index (χ4n) is 4.91. The van der Waals surface area contributed by atoms with E-state index in [-0.39, 0.29) is 24.6 Å². The van der Waals surface area contributed by atoms with Gasteiger partial charge in [-0.05, 0) is 67.6 Å². The van der Waals surface area contributed by atoms with Crippen LogP contribution < -0.4 is 19.5 Å². The summed E-state index contributed by atoms with van der Waals surface area (Å²) >= 11 is 0. The Morgan fingerprint density at radius 2 is 1.50 bits per heavy atom. The average molecular weight is 498 g/mol. The van der Waals surface area contributed by atoms with E-state index < -0.39 is 12.1 Å². The molecule has 3 atom stereocenters. The molecule has 2 N–H and O–H groups in total. The molecule has 2 fully saturated rings. The Kier molecular flexibility index (Phi) is 8.53. The van der Waals surface area contributed by atoms with Gasteiger partial charge in [0.25, 0.3) is 0 Å². The number of benzene rings is 2. The second-order valence-electron chi connectivity index (χ2n) is 9.15. The van der Waals surface area contributed by atoms with Gasteiger partial charge in [0.05, 0.1) is 20.3 Å². The molecule has 0 spiro atoms. The molecule has 4 rings (SSSR count). The smallest absolute Gasteiger partial charge is 0.318 e. The van der Waals surface area contributed by atoms with Crippen LogP contribution in [0.5, 0.6) is 17.2 Å². The monoisotopic (exact) mass is 497 g/mol. The molecule has 2 aliphatic rings. The number of nitrogens with one attached hydrogen (secondary N) is 1. The summed E-state index contributed by atoms with van der Waals surface area (Å²) in [5.41, 5.74) is 0.950. The van der Waals surface area contributed by atoms with Crippen molar-refractivity contribution < 1.29 is 28.9 Å². The lowest BCUT2D eigenvalue weighted by Crippen LogP contribution is -2.54. The summed E-state index contributed by atoms with van der Waals surface area (Å²) in [4.78, 5) is 29.8. The number of rotatable bonds is 9. The fourth-order valence-corrected chi connectivity index (χ4v) is 4.91. The molecule has 2 aromatic carbocycles. The third kappa shape index (κ3) is 6.02. The zero-order valence-electron chi connectivity index (χ0n) is 20.9. The number of aliphatic hydroxyl groups excluding tert-OH is 1. The number of amides is 3. The molecule has 0 aromatic heterocycles. The highest BCUT2D eigenvalue weighted by Gasteiger charge is 2.42. The zero-order chi connectivity index (χ0) is 25.5. The summed E-state index contributed by atoms with van der Waals surface area (Å²) in [6, 6.07) is 13.5. The highest BCUT2D eigenvalue weighted by atomic mass is 16.5. The van der Waals surface area contributed by atoms with E-state index in [0.29, 0.717) is 38.2 Å². The normalized spacial score (nSPS) is 20.2. The van der Waals surface area contributed by atoms with Gasteiger partial charge in [-0.3, -0.25) is 4.79 Å². The first kappa shape index (κ1) is 25.6. The van der Waals surface area contributed by atoms with E-state index in [9.17, 15) is 14.7 Å². The SMILES string of the molecule is COc1ccc(CNC(=O)N2CCC[C@@H]2C(=O)N2CCC[C@H]2C(O)COc2ccc(OC)cc2)cc1. The molecule has 9 heteroatoms. The molecule has 2 aliphatic heterocycles. The van der Waals surface area contributed by atoms with E-state index >= 15 is 0 Å². The molecule has 2 heterocycles. The van der Waals surface area contributed by atoms with Crippen LogP contribution in [0.2, 0.25) is 0 Å². The molecule has 1 unspecified atom stereocenters. The maximum absolute atomic E-state index is 13.5. The molecule has 194 valence electrons. The molecule has 0 bridgehead atoms. The maximum atomic E-state index is 13.5. The minimum Gasteiger partial charge on any atom is -0.497 e. The Labute approximate surface area is 211 Å². The number of hydrogen-bond donors (Lipinski definition) is 2. The van der Waals surface area contributed by atoms with Gasteiger partial charge in [-0.1, -0.05) is 12.1 Å². The van der Waals surface area contributed by atoms with Crippen molar-refractivity contribution in [2.45, 2.75) is 50.4 Å². The topological polar surface area (TPSA) is 101 Å². The lowest BCUT2D eigenvalue weighted by atomic mass is 10.1. The van der Waals surface area contributed by atoms with Crippen molar-refractivity contribution in [3.05, 3.63) is 54.1 Å². The van der Waals surface area contributed by atoms with Gasteiger partial charge in [0, 0.05) is 19.6 Å². The van der Waals surface area contributed by atoms with E-state index in [0.717, 1.165) is 29.9 Å². The van der Waals surface area contributed by atoms with Crippen LogP contribution in [0.4, 0.5) is 4.79 Å². The van der Waals surface area contributed by atoms with Crippen LogP contribution in [0, 0.1) is 0 Å². The molecule has 2 aromatic rings. The van der Waals surface area contributed by atoms with Crippen LogP contribution in [-0.2, 0) is 11.3 Å². The van der Waals surface area contributed by atoms with Gasteiger partial charge in [0.2, 0.25) is 5.91 Å². The Hall–Kier alpha value is -3.46. The fraction of sp³-hybridized carbons (Fsp3) is 0.481. The van der Waals surface area contributed by atoms with Gasteiger partial charge in [0.1, 0.15) is 36.0 Å². The number of carbonyl (C=O) groups excluding carboxylic acids is 2. The second-order valence-corrected chi connectivity index (χ2v) is 9.15. The van der Waals surface area contributed by atoms with Crippen molar-refractivity contribution in [2.24, 2.45) is 0 Å². The van der Waals surface area contributed by atoms with E-state index in [2.05, 4.69) is 5.32 Å². The lowest BCUT2D eigenvalue weighted by molar-refractivity contribution is -0.138. The average Bonchev–Trinajstić information content (AvgIpc) is 3.61. The van der Waals surface area contributed by atoms with Crippen LogP contribution in [0.3, 0.4) is 0 Å². The van der Waals surface area contributed by atoms with Crippen molar-refractivity contribution in [1.29, 1.82) is 0 Å². The van der Waals surface area contributed by atoms with Crippen molar-refractivity contribution in [1.82, 2.24) is 15.1 Å². The third-order valence-corrected chi connectivity index (χ3v) is 6.91. The van der Waals surface area contributed by atoms with Gasteiger partial charge >= 0.3 is 6.03 Å². The molecular formula is C27H35N3O6. The minimum absolute atomic E-state index is 0.0809. The van der Waals surface area contributed by atoms with Gasteiger partial charge in [0.15, 0.2) is 0 Å². The van der Waals surface area contributed by atoms with Crippen LogP contribution in [-0.4, -0.2) is 78.9 Å². The molecule has 2 saturated heterocycles. The Morgan fingerprint density at radius 1 is 0.917 bits per heavy atom. The van der Waals surface area contributed by atoms with Gasteiger partial charge in [-0.15, -0.1) is 0 Å². The van der Waals surface area contributed by atoms with Crippen LogP contribution >= 0.6 is 0 Å². The largest absolute Gasteiger partial charge is 0.497 e. The van der Waals surface area contributed by atoms with E-state index in [4.69, 9.17) is 14.2 Å². The predicted octanol–water partition coefficient (Wildman–Crippen LogP) is 2.81. The zero-order valence-corrected chi connectivity index (χ0v) is 20.9. The lowest BCUT2D eigenvalue weighted by Gasteiger charge is -2.33. The Bertz CT molecular complexity index is 1010. The number of likely N-dealkylation sites (tertiary alicyclic amines) is 2. The number of ether oxygens (including phenoxy) is 3. The number of aliphatic hydroxyl groups is 1. The molecule has 0 radical (unpaired) electrons. The summed E-state index contributed by atoms with van der Waals surface area (Å²) in [6.45, 7) is 1.55. The molecule has 3 amide bonds. The third-order valence-electron chi connectivity index (χ3n) is 6.91. The summed E-state index contributed by atoms with van der Waals surface area (Å²) in [6.07, 6.45) is 2.09. The quantitative estimate of drug-likeness (QED) is 0.553. The van der Waals surface area contributed by atoms with E-state index in [1.165, 1.54) is 0 Å². The minimum atomic E-state index is -0.822. The Balaban J connectivity index is 1.32. The number of carbonyl (C=O) groups is 2. The van der Waals surface area contributed by atoms with Gasteiger partial charge < -0.3 is 34.4 Å². The number of nitrogens with zero attached hydrogens (tertiary/aromatic N) is 2. The molecule has 0 aliphatic carbocycles. The van der Waals surface area contributed by atoms with Gasteiger partial charge in [-0.25, -0.2) is 4.79 Å². The van der Waals surface area contributed by atoms with Crippen LogP contribution in [0.15, 0.2) is 48.5 Å². The molecule has 9 nitrogen and oxygen atoms in total. The number of hydrogen-bond acceptors (Lipinski definition) is 6. The standard InChI is InChI=1S/C27H35N3O6/c1-34-20-9-7-19(8-10-20)17-28-27(33)30-16-4-6-24(30)26(32)29-15-3-5-23(29)25(31)18-36-22-13-11-21(35-2)12-14-22/h7-14,23-25,31H,3-6,15-18H2,1-2H3,(H,28,33)/t23-,24+,25?/m0/s1. The molecular weight excluding hydrogens is 462 g/mol. The van der Waals surface area contributed by atoms with E-state index in [1.54, 1.807) is 48.3 Å². The van der Waals surface area contributed by atoms with Gasteiger partial charge in [-0.2, -0.15) is 0 Å². The first-order chi connectivity index (χ1) is 17.5. The van der Waals surface area contributed by atoms with Crippen LogP contribution in [0.25, 0.3) is 0 Å². The summed E-state index contributed by atoms with van der Waals surface area (Å²) < 4.78 is 16.1. The highest BCUT2D eigenvalue weighted by molar-refractivity contribution is 5.88. The first-order valence-electron chi connectivity index (χ1n) is 12.4. The number of methoxy groups -OCH3 is 2. The first-order valence-corrected chi connectivity index (χ1v) is 12.4. The summed E-state index contributed by atoms with van der Waals surface area (Å²) in [7, 11) is 3.21. The number of urea groups is 1. The molecule has 0 saturated carbocycles. The maximum Gasteiger partial charge on any atom is 0.318 e. The van der Waals surface area contributed by atoms with Crippen molar-refractivity contribution >= 4 is 11.9 Å².